The number of rotatable bonds is 5. The molecule has 0 fully saturated rings. The van der Waals surface area contributed by atoms with Crippen LogP contribution in [0.3, 0.4) is 0 Å². The molecule has 0 unspecified atom stereocenters. The van der Waals surface area contributed by atoms with Gasteiger partial charge in [0, 0.05) is 24.6 Å². The largest absolute Gasteiger partial charge is 0.480 e. The Kier molecular flexibility index (Phi) is 4.19. The van der Waals surface area contributed by atoms with Gasteiger partial charge in [0.2, 0.25) is 5.88 Å². The monoisotopic (exact) mass is 266 g/mol. The molecule has 0 bridgehead atoms. The van der Waals surface area contributed by atoms with Crippen LogP contribution in [0.15, 0.2) is 12.1 Å². The average molecular weight is 266 g/mol. The van der Waals surface area contributed by atoms with Crippen molar-refractivity contribution in [2.24, 2.45) is 5.73 Å². The molecule has 0 aliphatic rings. The van der Waals surface area contributed by atoms with E-state index in [-0.39, 0.29) is 0 Å². The second-order valence-corrected chi connectivity index (χ2v) is 4.57. The minimum Gasteiger partial charge on any atom is -0.480 e. The SMILES string of the molecule is COCc1nc(-c2ccc(OC)nn2)sc1CN. The van der Waals surface area contributed by atoms with Gasteiger partial charge in [0.25, 0.3) is 0 Å². The Morgan fingerprint density at radius 1 is 1.28 bits per heavy atom. The summed E-state index contributed by atoms with van der Waals surface area (Å²) in [6, 6.07) is 3.57. The van der Waals surface area contributed by atoms with Crippen molar-refractivity contribution in [2.45, 2.75) is 13.2 Å². The minimum atomic E-state index is 0.444. The van der Waals surface area contributed by atoms with Crippen LogP contribution in [0, 0.1) is 0 Å². The van der Waals surface area contributed by atoms with Gasteiger partial charge < -0.3 is 15.2 Å². The number of nitrogens with zero attached hydrogens (tertiary/aromatic N) is 3. The highest BCUT2D eigenvalue weighted by Crippen LogP contribution is 2.27. The molecule has 2 N–H and O–H groups in total. The number of aromatic nitrogens is 3. The van der Waals surface area contributed by atoms with Crippen molar-refractivity contribution in [2.75, 3.05) is 14.2 Å². The van der Waals surface area contributed by atoms with E-state index in [4.69, 9.17) is 15.2 Å². The molecule has 96 valence electrons. The van der Waals surface area contributed by atoms with Crippen LogP contribution in [0.5, 0.6) is 5.88 Å². The Morgan fingerprint density at radius 3 is 2.67 bits per heavy atom. The highest BCUT2D eigenvalue weighted by Gasteiger charge is 2.12. The Morgan fingerprint density at radius 2 is 2.11 bits per heavy atom. The predicted octanol–water partition coefficient (Wildman–Crippen LogP) is 1.21. The van der Waals surface area contributed by atoms with E-state index in [9.17, 15) is 0 Å². The lowest BCUT2D eigenvalue weighted by atomic mass is 10.3. The van der Waals surface area contributed by atoms with Gasteiger partial charge in [0.05, 0.1) is 19.4 Å². The summed E-state index contributed by atoms with van der Waals surface area (Å²) in [5.74, 6) is 0.478. The van der Waals surface area contributed by atoms with E-state index < -0.39 is 0 Å². The fraction of sp³-hybridized carbons (Fsp3) is 0.364. The fourth-order valence-electron chi connectivity index (χ4n) is 1.44. The Balaban J connectivity index is 2.31. The maximum absolute atomic E-state index is 5.68. The zero-order valence-electron chi connectivity index (χ0n) is 10.2. The lowest BCUT2D eigenvalue weighted by Crippen LogP contribution is -1.99. The molecule has 0 aliphatic heterocycles. The van der Waals surface area contributed by atoms with Crippen molar-refractivity contribution < 1.29 is 9.47 Å². The standard InChI is InChI=1S/C11H14N4O2S/c1-16-6-8-9(5-12)18-11(13-8)7-3-4-10(17-2)15-14-7/h3-4H,5-6,12H2,1-2H3. The molecule has 0 aliphatic carbocycles. The summed E-state index contributed by atoms with van der Waals surface area (Å²) in [7, 11) is 3.18. The molecule has 2 heterocycles. The molecule has 0 amide bonds. The van der Waals surface area contributed by atoms with Crippen LogP contribution in [0.4, 0.5) is 0 Å². The van der Waals surface area contributed by atoms with E-state index in [0.717, 1.165) is 15.6 Å². The second kappa shape index (κ2) is 5.85. The maximum Gasteiger partial charge on any atom is 0.233 e. The number of nitrogens with two attached hydrogens (primary N) is 1. The van der Waals surface area contributed by atoms with E-state index in [0.29, 0.717) is 24.7 Å². The molecule has 0 saturated heterocycles. The molecule has 6 nitrogen and oxygen atoms in total. The van der Waals surface area contributed by atoms with Gasteiger partial charge in [-0.1, -0.05) is 0 Å². The highest BCUT2D eigenvalue weighted by atomic mass is 32.1. The van der Waals surface area contributed by atoms with Crippen molar-refractivity contribution >= 4 is 11.3 Å². The first-order valence-corrected chi connectivity index (χ1v) is 6.15. The smallest absolute Gasteiger partial charge is 0.233 e. The first-order valence-electron chi connectivity index (χ1n) is 5.34. The zero-order chi connectivity index (χ0) is 13.0. The molecule has 0 radical (unpaired) electrons. The molecule has 2 aromatic rings. The lowest BCUT2D eigenvalue weighted by Gasteiger charge is -1.97. The Labute approximate surface area is 109 Å². The van der Waals surface area contributed by atoms with Crippen LogP contribution in [0.25, 0.3) is 10.7 Å². The first-order chi connectivity index (χ1) is 8.78. The minimum absolute atomic E-state index is 0.444. The van der Waals surface area contributed by atoms with Gasteiger partial charge in [-0.3, -0.25) is 0 Å². The van der Waals surface area contributed by atoms with E-state index in [1.165, 1.54) is 11.3 Å². The van der Waals surface area contributed by atoms with Crippen LogP contribution in [0.1, 0.15) is 10.6 Å². The molecule has 0 saturated carbocycles. The fourth-order valence-corrected chi connectivity index (χ4v) is 2.35. The van der Waals surface area contributed by atoms with Crippen molar-refractivity contribution in [1.29, 1.82) is 0 Å². The molecular weight excluding hydrogens is 252 g/mol. The second-order valence-electron chi connectivity index (χ2n) is 3.49. The van der Waals surface area contributed by atoms with Gasteiger partial charge in [-0.05, 0) is 6.07 Å². The van der Waals surface area contributed by atoms with Gasteiger partial charge in [0.15, 0.2) is 0 Å². The molecule has 7 heteroatoms. The summed E-state index contributed by atoms with van der Waals surface area (Å²) in [6.07, 6.45) is 0. The van der Waals surface area contributed by atoms with Gasteiger partial charge in [-0.25, -0.2) is 4.98 Å². The molecule has 2 aromatic heterocycles. The lowest BCUT2D eigenvalue weighted by molar-refractivity contribution is 0.181. The summed E-state index contributed by atoms with van der Waals surface area (Å²) in [5, 5.41) is 8.77. The number of methoxy groups -OCH3 is 2. The summed E-state index contributed by atoms with van der Waals surface area (Å²) >= 11 is 1.51. The zero-order valence-corrected chi connectivity index (χ0v) is 11.0. The number of hydrogen-bond donors (Lipinski definition) is 1. The van der Waals surface area contributed by atoms with Crippen molar-refractivity contribution in [3.05, 3.63) is 22.7 Å². The van der Waals surface area contributed by atoms with Crippen LogP contribution >= 0.6 is 11.3 Å². The molecular formula is C11H14N4O2S. The molecule has 18 heavy (non-hydrogen) atoms. The Bertz CT molecular complexity index is 512. The number of thiazole rings is 1. The van der Waals surface area contributed by atoms with Crippen molar-refractivity contribution in [3.63, 3.8) is 0 Å². The van der Waals surface area contributed by atoms with E-state index in [2.05, 4.69) is 15.2 Å². The van der Waals surface area contributed by atoms with E-state index >= 15 is 0 Å². The summed E-state index contributed by atoms with van der Waals surface area (Å²) in [4.78, 5) is 5.47. The van der Waals surface area contributed by atoms with Crippen LogP contribution in [-0.2, 0) is 17.9 Å². The summed E-state index contributed by atoms with van der Waals surface area (Å²) in [6.45, 7) is 0.895. The van der Waals surface area contributed by atoms with Gasteiger partial charge >= 0.3 is 0 Å². The summed E-state index contributed by atoms with van der Waals surface area (Å²) in [5.41, 5.74) is 7.24. The van der Waals surface area contributed by atoms with Gasteiger partial charge in [-0.15, -0.1) is 21.5 Å². The third-order valence-electron chi connectivity index (χ3n) is 2.31. The number of hydrogen-bond acceptors (Lipinski definition) is 7. The first kappa shape index (κ1) is 12.9. The molecule has 2 rings (SSSR count). The van der Waals surface area contributed by atoms with Crippen molar-refractivity contribution in [1.82, 2.24) is 15.2 Å². The van der Waals surface area contributed by atoms with Crippen LogP contribution in [-0.4, -0.2) is 29.4 Å². The van der Waals surface area contributed by atoms with E-state index in [1.807, 2.05) is 6.07 Å². The van der Waals surface area contributed by atoms with Gasteiger partial charge in [0.1, 0.15) is 10.7 Å². The average Bonchev–Trinajstić information content (AvgIpc) is 2.82. The normalized spacial score (nSPS) is 10.6. The summed E-state index contributed by atoms with van der Waals surface area (Å²) < 4.78 is 10.1. The van der Waals surface area contributed by atoms with Gasteiger partial charge in [-0.2, -0.15) is 0 Å². The predicted molar refractivity (Wildman–Crippen MR) is 68.3 cm³/mol. The van der Waals surface area contributed by atoms with Crippen LogP contribution in [0.2, 0.25) is 0 Å². The molecule has 0 atom stereocenters. The quantitative estimate of drug-likeness (QED) is 0.876. The topological polar surface area (TPSA) is 83.2 Å². The Hall–Kier alpha value is -1.57. The van der Waals surface area contributed by atoms with Crippen LogP contribution < -0.4 is 10.5 Å². The number of ether oxygens (including phenoxy) is 2. The van der Waals surface area contributed by atoms with E-state index in [1.54, 1.807) is 20.3 Å². The third-order valence-corrected chi connectivity index (χ3v) is 3.46. The highest BCUT2D eigenvalue weighted by molar-refractivity contribution is 7.15. The maximum atomic E-state index is 5.68. The molecule has 0 spiro atoms. The van der Waals surface area contributed by atoms with Crippen molar-refractivity contribution in [3.8, 4) is 16.6 Å². The third kappa shape index (κ3) is 2.63. The molecule has 0 aromatic carbocycles.